The molecule has 1 aliphatic rings. The highest BCUT2D eigenvalue weighted by Crippen LogP contribution is 2.26. The lowest BCUT2D eigenvalue weighted by molar-refractivity contribution is 0.0875. The average Bonchev–Trinajstić information content (AvgIpc) is 2.84. The third-order valence-electron chi connectivity index (χ3n) is 4.02. The van der Waals surface area contributed by atoms with Crippen LogP contribution < -0.4 is 5.32 Å². The fourth-order valence-electron chi connectivity index (χ4n) is 2.62. The van der Waals surface area contributed by atoms with Gasteiger partial charge in [0.2, 0.25) is 0 Å². The van der Waals surface area contributed by atoms with Crippen molar-refractivity contribution in [2.24, 2.45) is 0 Å². The van der Waals surface area contributed by atoms with Gasteiger partial charge in [-0.3, -0.25) is 0 Å². The van der Waals surface area contributed by atoms with Crippen molar-refractivity contribution in [3.63, 3.8) is 0 Å². The molecule has 2 atom stereocenters. The third kappa shape index (κ3) is 6.05. The second-order valence-electron chi connectivity index (χ2n) is 7.31. The first-order valence-electron chi connectivity index (χ1n) is 8.08. The van der Waals surface area contributed by atoms with Crippen LogP contribution in [-0.4, -0.2) is 30.7 Å². The Balaban J connectivity index is 1.73. The smallest absolute Gasteiger partial charge is 0.122 e. The second-order valence-corrected chi connectivity index (χ2v) is 13.5. The van der Waals surface area contributed by atoms with E-state index < -0.39 is 8.07 Å². The van der Waals surface area contributed by atoms with Crippen LogP contribution in [0.3, 0.4) is 0 Å². The first-order valence-corrected chi connectivity index (χ1v) is 12.2. The van der Waals surface area contributed by atoms with Gasteiger partial charge in [-0.25, -0.2) is 0 Å². The molecule has 1 fully saturated rings. The number of nitrogens with one attached hydrogen (secondary N) is 1. The van der Waals surface area contributed by atoms with Gasteiger partial charge in [-0.1, -0.05) is 32.5 Å². The van der Waals surface area contributed by atoms with E-state index >= 15 is 0 Å². The molecule has 1 saturated carbocycles. The summed E-state index contributed by atoms with van der Waals surface area (Å²) < 4.78 is 7.86. The van der Waals surface area contributed by atoms with E-state index in [0.29, 0.717) is 12.8 Å². The van der Waals surface area contributed by atoms with Crippen LogP contribution in [0.2, 0.25) is 25.7 Å². The van der Waals surface area contributed by atoms with Crippen molar-refractivity contribution in [1.29, 1.82) is 0 Å². The number of hydrogen-bond acceptors (Lipinski definition) is 2. The van der Waals surface area contributed by atoms with Crippen molar-refractivity contribution in [3.05, 3.63) is 18.5 Å². The lowest BCUT2D eigenvalue weighted by Crippen LogP contribution is -2.32. The summed E-state index contributed by atoms with van der Waals surface area (Å²) in [6.45, 7) is 8.63. The SMILES string of the molecule is C[Si](C)(C)CCOCn1ccc(NC2CCCCC2Cl)c1. The number of alkyl halides is 1. The van der Waals surface area contributed by atoms with Crippen LogP contribution in [0, 0.1) is 0 Å². The van der Waals surface area contributed by atoms with Crippen molar-refractivity contribution in [3.8, 4) is 0 Å². The number of nitrogens with zero attached hydrogens (tertiary/aromatic N) is 1. The van der Waals surface area contributed by atoms with Gasteiger partial charge in [0.25, 0.3) is 0 Å². The van der Waals surface area contributed by atoms with E-state index in [9.17, 15) is 0 Å². The normalized spacial score (nSPS) is 23.2. The lowest BCUT2D eigenvalue weighted by atomic mass is 9.95. The van der Waals surface area contributed by atoms with Gasteiger partial charge in [0.05, 0.1) is 11.1 Å². The summed E-state index contributed by atoms with van der Waals surface area (Å²) in [5, 5.41) is 3.82. The van der Waals surface area contributed by atoms with E-state index in [1.807, 2.05) is 0 Å². The van der Waals surface area contributed by atoms with Gasteiger partial charge in [-0.05, 0) is 25.0 Å². The molecule has 0 aromatic carbocycles. The van der Waals surface area contributed by atoms with Crippen molar-refractivity contribution in [2.75, 3.05) is 11.9 Å². The molecule has 2 rings (SSSR count). The van der Waals surface area contributed by atoms with Crippen LogP contribution in [0.1, 0.15) is 25.7 Å². The van der Waals surface area contributed by atoms with Gasteiger partial charge in [0, 0.05) is 33.1 Å². The van der Waals surface area contributed by atoms with E-state index in [2.05, 4.69) is 48.0 Å². The number of ether oxygens (including phenoxy) is 1. The van der Waals surface area contributed by atoms with E-state index in [1.54, 1.807) is 0 Å². The van der Waals surface area contributed by atoms with Crippen LogP contribution >= 0.6 is 11.6 Å². The Morgan fingerprint density at radius 2 is 2.10 bits per heavy atom. The van der Waals surface area contributed by atoms with Crippen molar-refractivity contribution in [2.45, 2.75) is 69.5 Å². The van der Waals surface area contributed by atoms with E-state index in [-0.39, 0.29) is 5.38 Å². The van der Waals surface area contributed by atoms with Gasteiger partial charge in [0.1, 0.15) is 6.73 Å². The molecule has 1 aromatic heterocycles. The highest BCUT2D eigenvalue weighted by molar-refractivity contribution is 6.76. The molecule has 120 valence electrons. The van der Waals surface area contributed by atoms with Crippen LogP contribution in [0.15, 0.2) is 18.5 Å². The molecule has 0 bridgehead atoms. The van der Waals surface area contributed by atoms with E-state index in [1.165, 1.54) is 25.3 Å². The Bertz CT molecular complexity index is 430. The third-order valence-corrected chi connectivity index (χ3v) is 6.25. The van der Waals surface area contributed by atoms with Crippen molar-refractivity contribution >= 4 is 25.4 Å². The fourth-order valence-corrected chi connectivity index (χ4v) is 3.72. The van der Waals surface area contributed by atoms with Gasteiger partial charge < -0.3 is 14.6 Å². The van der Waals surface area contributed by atoms with Crippen molar-refractivity contribution < 1.29 is 4.74 Å². The number of anilines is 1. The summed E-state index contributed by atoms with van der Waals surface area (Å²) in [6.07, 6.45) is 9.03. The van der Waals surface area contributed by atoms with Crippen LogP contribution in [0.25, 0.3) is 0 Å². The number of hydrogen-bond donors (Lipinski definition) is 1. The Kier molecular flexibility index (Phi) is 6.20. The number of rotatable bonds is 7. The first kappa shape index (κ1) is 16.9. The predicted octanol–water partition coefficient (Wildman–Crippen LogP) is 4.76. The zero-order valence-corrected chi connectivity index (χ0v) is 15.3. The molecule has 0 aliphatic heterocycles. The zero-order chi connectivity index (χ0) is 15.3. The maximum absolute atomic E-state index is 6.39. The predicted molar refractivity (Wildman–Crippen MR) is 94.1 cm³/mol. The number of aromatic nitrogens is 1. The highest BCUT2D eigenvalue weighted by Gasteiger charge is 2.22. The summed E-state index contributed by atoms with van der Waals surface area (Å²) in [5.41, 5.74) is 1.15. The maximum atomic E-state index is 6.39. The molecule has 0 spiro atoms. The van der Waals surface area contributed by atoms with Crippen LogP contribution in [0.5, 0.6) is 0 Å². The molecular weight excluding hydrogens is 300 g/mol. The molecular formula is C16H29ClN2OSi. The molecule has 2 unspecified atom stereocenters. The van der Waals surface area contributed by atoms with Gasteiger partial charge in [0.15, 0.2) is 0 Å². The van der Waals surface area contributed by atoms with Crippen LogP contribution in [-0.2, 0) is 11.5 Å². The molecule has 3 nitrogen and oxygen atoms in total. The van der Waals surface area contributed by atoms with Gasteiger partial charge in [-0.15, -0.1) is 11.6 Å². The van der Waals surface area contributed by atoms with Gasteiger partial charge >= 0.3 is 0 Å². The average molecular weight is 329 g/mol. The van der Waals surface area contributed by atoms with E-state index in [0.717, 1.165) is 18.7 Å². The first-order chi connectivity index (χ1) is 9.94. The second kappa shape index (κ2) is 7.70. The summed E-state index contributed by atoms with van der Waals surface area (Å²) in [6, 6.07) is 3.74. The Labute approximate surface area is 135 Å². The molecule has 1 aromatic rings. The summed E-state index contributed by atoms with van der Waals surface area (Å²) in [5.74, 6) is 0. The molecule has 0 saturated heterocycles. The van der Waals surface area contributed by atoms with E-state index in [4.69, 9.17) is 16.3 Å². The summed E-state index contributed by atoms with van der Waals surface area (Å²) in [7, 11) is -0.989. The standard InChI is InChI=1S/C16H29ClN2OSi/c1-21(2,3)11-10-20-13-19-9-8-14(12-19)18-16-7-5-4-6-15(16)17/h8-9,12,15-16,18H,4-7,10-11,13H2,1-3H3. The Morgan fingerprint density at radius 1 is 1.33 bits per heavy atom. The fraction of sp³-hybridized carbons (Fsp3) is 0.750. The molecule has 0 radical (unpaired) electrons. The maximum Gasteiger partial charge on any atom is 0.122 e. The zero-order valence-electron chi connectivity index (χ0n) is 13.6. The highest BCUT2D eigenvalue weighted by atomic mass is 35.5. The topological polar surface area (TPSA) is 26.2 Å². The molecule has 21 heavy (non-hydrogen) atoms. The summed E-state index contributed by atoms with van der Waals surface area (Å²) in [4.78, 5) is 0. The Hall–Kier alpha value is -0.453. The van der Waals surface area contributed by atoms with Crippen LogP contribution in [0.4, 0.5) is 5.69 Å². The number of halogens is 1. The van der Waals surface area contributed by atoms with Gasteiger partial charge in [-0.2, -0.15) is 0 Å². The largest absolute Gasteiger partial charge is 0.380 e. The molecule has 1 heterocycles. The quantitative estimate of drug-likeness (QED) is 0.443. The minimum absolute atomic E-state index is 0.259. The molecule has 5 heteroatoms. The monoisotopic (exact) mass is 328 g/mol. The molecule has 1 aliphatic carbocycles. The summed E-state index contributed by atoms with van der Waals surface area (Å²) >= 11 is 6.39. The lowest BCUT2D eigenvalue weighted by Gasteiger charge is -2.28. The van der Waals surface area contributed by atoms with Crippen molar-refractivity contribution in [1.82, 2.24) is 4.57 Å². The minimum Gasteiger partial charge on any atom is -0.380 e. The molecule has 1 N–H and O–H groups in total. The minimum atomic E-state index is -0.989. The Morgan fingerprint density at radius 3 is 2.81 bits per heavy atom. The molecule has 0 amide bonds.